The molecule has 0 aliphatic rings. The van der Waals surface area contributed by atoms with Gasteiger partial charge in [-0.05, 0) is 17.7 Å². The van der Waals surface area contributed by atoms with E-state index in [1.54, 1.807) is 0 Å². The molecule has 0 bridgehead atoms. The van der Waals surface area contributed by atoms with Crippen molar-refractivity contribution in [1.29, 1.82) is 0 Å². The molecule has 4 nitrogen and oxygen atoms in total. The Labute approximate surface area is 174 Å². The molecule has 0 fully saturated rings. The lowest BCUT2D eigenvalue weighted by molar-refractivity contribution is 0.279. The van der Waals surface area contributed by atoms with Crippen LogP contribution in [0.5, 0.6) is 5.75 Å². The predicted molar refractivity (Wildman–Crippen MR) is 103 cm³/mol. The van der Waals surface area contributed by atoms with E-state index in [4.69, 9.17) is 10.5 Å². The Morgan fingerprint density at radius 2 is 1.47 bits per heavy atom. The molecule has 0 unspecified atom stereocenters. The van der Waals surface area contributed by atoms with Gasteiger partial charge in [0.1, 0.15) is 12.4 Å². The molecular weight excluding hydrogens is 429 g/mol. The molecule has 0 aliphatic carbocycles. The van der Waals surface area contributed by atoms with Gasteiger partial charge >= 0.3 is 0 Å². The van der Waals surface area contributed by atoms with E-state index in [1.807, 2.05) is 30.3 Å². The summed E-state index contributed by atoms with van der Waals surface area (Å²) < 4.78 is 72.6. The number of halogens is 6. The molecule has 0 radical (unpaired) electrons. The zero-order valence-corrected chi connectivity index (χ0v) is 16.0. The molecule has 158 valence electrons. The van der Waals surface area contributed by atoms with E-state index in [0.717, 1.165) is 5.56 Å². The third-order valence-electron chi connectivity index (χ3n) is 3.90. The van der Waals surface area contributed by atoms with Gasteiger partial charge in [0.2, 0.25) is 5.82 Å². The lowest BCUT2D eigenvalue weighted by Crippen LogP contribution is -2.14. The van der Waals surface area contributed by atoms with Crippen LogP contribution >= 0.6 is 12.4 Å². The largest absolute Gasteiger partial charge is 0.485 e. The first-order chi connectivity index (χ1) is 13.9. The molecule has 2 N–H and O–H groups in total. The Kier molecular flexibility index (Phi) is 7.71. The second-order valence-electron chi connectivity index (χ2n) is 5.93. The van der Waals surface area contributed by atoms with Crippen LogP contribution in [0, 0.1) is 29.1 Å². The van der Waals surface area contributed by atoms with E-state index in [-0.39, 0.29) is 29.8 Å². The highest BCUT2D eigenvalue weighted by Gasteiger charge is 2.26. The average molecular weight is 444 g/mol. The topological polar surface area (TPSA) is 60.5 Å². The molecule has 0 atom stereocenters. The van der Waals surface area contributed by atoms with Crippen LogP contribution < -0.4 is 10.5 Å². The predicted octanol–water partition coefficient (Wildman–Crippen LogP) is 5.01. The van der Waals surface area contributed by atoms with Gasteiger partial charge in [0.05, 0.1) is 5.56 Å². The molecule has 0 saturated heterocycles. The van der Waals surface area contributed by atoms with Crippen molar-refractivity contribution in [3.63, 3.8) is 0 Å². The molecule has 10 heteroatoms. The van der Waals surface area contributed by atoms with Crippen LogP contribution in [0.4, 0.5) is 27.8 Å². The van der Waals surface area contributed by atoms with E-state index in [9.17, 15) is 22.0 Å². The van der Waals surface area contributed by atoms with Crippen molar-refractivity contribution in [3.8, 4) is 5.75 Å². The Morgan fingerprint density at radius 1 is 0.867 bits per heavy atom. The van der Waals surface area contributed by atoms with Crippen molar-refractivity contribution in [1.82, 2.24) is 4.98 Å². The standard InChI is InChI=1S/C20H14F5N3O.ClH/c21-15-12(16(22)18(24)19(25)17(15)23)10-29-13-7-4-8-27-20(13)28-14(26)9-11-5-2-1-3-6-11;/h1-8H,9-10H2,(H2,26,27,28);1H. The first kappa shape index (κ1) is 23.1. The number of hydrogen-bond donors (Lipinski definition) is 1. The second kappa shape index (κ2) is 10.0. The first-order valence-corrected chi connectivity index (χ1v) is 8.33. The molecule has 1 aromatic heterocycles. The van der Waals surface area contributed by atoms with E-state index in [2.05, 4.69) is 9.98 Å². The van der Waals surface area contributed by atoms with Gasteiger partial charge in [-0.2, -0.15) is 0 Å². The van der Waals surface area contributed by atoms with Crippen LogP contribution in [-0.4, -0.2) is 10.8 Å². The lowest BCUT2D eigenvalue weighted by atomic mass is 10.1. The van der Waals surface area contributed by atoms with Crippen LogP contribution in [0.3, 0.4) is 0 Å². The Balaban J connectivity index is 0.00000320. The SMILES string of the molecule is Cl.N/C(Cc1ccccc1)=N\c1ncccc1OCc1c(F)c(F)c(F)c(F)c1F. The summed E-state index contributed by atoms with van der Waals surface area (Å²) in [5.41, 5.74) is 5.71. The van der Waals surface area contributed by atoms with Crippen molar-refractivity contribution >= 4 is 24.1 Å². The number of benzene rings is 2. The van der Waals surface area contributed by atoms with Gasteiger partial charge in [-0.25, -0.2) is 31.9 Å². The second-order valence-corrected chi connectivity index (χ2v) is 5.93. The summed E-state index contributed by atoms with van der Waals surface area (Å²) in [6.07, 6.45) is 1.70. The Bertz CT molecular complexity index is 1030. The monoisotopic (exact) mass is 443 g/mol. The molecule has 0 saturated carbocycles. The van der Waals surface area contributed by atoms with Crippen molar-refractivity contribution in [2.45, 2.75) is 13.0 Å². The van der Waals surface area contributed by atoms with Gasteiger partial charge < -0.3 is 10.5 Å². The molecule has 3 rings (SSSR count). The maximum Gasteiger partial charge on any atom is 0.200 e. The molecule has 0 amide bonds. The van der Waals surface area contributed by atoms with Crippen LogP contribution in [0.1, 0.15) is 11.1 Å². The van der Waals surface area contributed by atoms with Crippen LogP contribution in [-0.2, 0) is 13.0 Å². The Morgan fingerprint density at radius 3 is 2.10 bits per heavy atom. The van der Waals surface area contributed by atoms with Gasteiger partial charge in [-0.3, -0.25) is 0 Å². The smallest absolute Gasteiger partial charge is 0.200 e. The summed E-state index contributed by atoms with van der Waals surface area (Å²) in [6.45, 7) is -0.918. The van der Waals surface area contributed by atoms with Crippen molar-refractivity contribution in [2.24, 2.45) is 10.7 Å². The third-order valence-corrected chi connectivity index (χ3v) is 3.90. The van der Waals surface area contributed by atoms with E-state index in [0.29, 0.717) is 6.42 Å². The number of rotatable bonds is 6. The van der Waals surface area contributed by atoms with Crippen molar-refractivity contribution in [2.75, 3.05) is 0 Å². The number of nitrogens with zero attached hydrogens (tertiary/aromatic N) is 2. The molecule has 2 aromatic carbocycles. The highest BCUT2D eigenvalue weighted by Crippen LogP contribution is 2.28. The van der Waals surface area contributed by atoms with E-state index in [1.165, 1.54) is 18.3 Å². The zero-order chi connectivity index (χ0) is 21.0. The average Bonchev–Trinajstić information content (AvgIpc) is 2.72. The molecular formula is C20H15ClF5N3O. The maximum absolute atomic E-state index is 13.8. The minimum Gasteiger partial charge on any atom is -0.485 e. The summed E-state index contributed by atoms with van der Waals surface area (Å²) >= 11 is 0. The summed E-state index contributed by atoms with van der Waals surface area (Å²) in [5.74, 6) is -10.1. The number of aliphatic imine (C=N–C) groups is 1. The fourth-order valence-electron chi connectivity index (χ4n) is 2.49. The van der Waals surface area contributed by atoms with Crippen molar-refractivity contribution < 1.29 is 26.7 Å². The number of amidine groups is 1. The number of pyridine rings is 1. The minimum absolute atomic E-state index is 0. The van der Waals surface area contributed by atoms with E-state index < -0.39 is 41.3 Å². The van der Waals surface area contributed by atoms with Crippen molar-refractivity contribution in [3.05, 3.63) is 88.9 Å². The minimum atomic E-state index is -2.23. The third kappa shape index (κ3) is 5.04. The molecule has 3 aromatic rings. The Hall–Kier alpha value is -3.20. The highest BCUT2D eigenvalue weighted by molar-refractivity contribution is 5.85. The number of ether oxygens (including phenoxy) is 1. The first-order valence-electron chi connectivity index (χ1n) is 8.33. The lowest BCUT2D eigenvalue weighted by Gasteiger charge is -2.11. The number of aromatic nitrogens is 1. The fraction of sp³-hybridized carbons (Fsp3) is 0.100. The van der Waals surface area contributed by atoms with Gasteiger partial charge in [0.15, 0.2) is 34.8 Å². The number of nitrogens with two attached hydrogens (primary N) is 1. The molecule has 30 heavy (non-hydrogen) atoms. The van der Waals surface area contributed by atoms with Crippen LogP contribution in [0.15, 0.2) is 53.7 Å². The summed E-state index contributed by atoms with van der Waals surface area (Å²) in [6, 6.07) is 12.1. The van der Waals surface area contributed by atoms with Gasteiger partial charge in [-0.15, -0.1) is 12.4 Å². The quantitative estimate of drug-likeness (QED) is 0.191. The van der Waals surface area contributed by atoms with Gasteiger partial charge in [0, 0.05) is 12.6 Å². The highest BCUT2D eigenvalue weighted by atomic mass is 35.5. The summed E-state index contributed by atoms with van der Waals surface area (Å²) in [4.78, 5) is 8.10. The molecule has 1 heterocycles. The molecule has 0 aliphatic heterocycles. The zero-order valence-electron chi connectivity index (χ0n) is 15.2. The summed E-state index contributed by atoms with van der Waals surface area (Å²) in [7, 11) is 0. The number of hydrogen-bond acceptors (Lipinski definition) is 3. The van der Waals surface area contributed by atoms with Crippen LogP contribution in [0.2, 0.25) is 0 Å². The normalized spacial score (nSPS) is 11.2. The van der Waals surface area contributed by atoms with Gasteiger partial charge in [0.25, 0.3) is 0 Å². The van der Waals surface area contributed by atoms with Gasteiger partial charge in [-0.1, -0.05) is 30.3 Å². The maximum atomic E-state index is 13.8. The fourth-order valence-corrected chi connectivity index (χ4v) is 2.49. The van der Waals surface area contributed by atoms with E-state index >= 15 is 0 Å². The molecule has 0 spiro atoms. The van der Waals surface area contributed by atoms with Crippen LogP contribution in [0.25, 0.3) is 0 Å². The summed E-state index contributed by atoms with van der Waals surface area (Å²) in [5, 5.41) is 0.